The molecule has 4 aromatic rings. The average Bonchev–Trinajstić information content (AvgIpc) is 3.11. The first-order chi connectivity index (χ1) is 12.0. The third-order valence-corrected chi connectivity index (χ3v) is 6.25. The Labute approximate surface area is 153 Å². The molecule has 0 bridgehead atoms. The van der Waals surface area contributed by atoms with Crippen LogP contribution < -0.4 is 5.32 Å². The van der Waals surface area contributed by atoms with Crippen molar-refractivity contribution in [3.63, 3.8) is 0 Å². The van der Waals surface area contributed by atoms with E-state index in [9.17, 15) is 4.79 Å². The smallest absolute Gasteiger partial charge is 0.230 e. The van der Waals surface area contributed by atoms with Crippen LogP contribution in [0.4, 0.5) is 5.13 Å². The normalized spacial score (nSPS) is 11.3. The van der Waals surface area contributed by atoms with Crippen LogP contribution in [0.5, 0.6) is 0 Å². The second-order valence-electron chi connectivity index (χ2n) is 6.17. The maximum Gasteiger partial charge on any atom is 0.230 e. The first-order valence-corrected chi connectivity index (χ1v) is 9.65. The van der Waals surface area contributed by atoms with E-state index in [0.717, 1.165) is 36.6 Å². The summed E-state index contributed by atoms with van der Waals surface area (Å²) in [6.45, 7) is 6.10. The van der Waals surface area contributed by atoms with Crippen LogP contribution in [-0.2, 0) is 11.2 Å². The van der Waals surface area contributed by atoms with Crippen molar-refractivity contribution in [3.05, 3.63) is 52.0 Å². The minimum atomic E-state index is -0.0391. The molecule has 0 atom stereocenters. The summed E-state index contributed by atoms with van der Waals surface area (Å²) < 4.78 is 2.23. The van der Waals surface area contributed by atoms with E-state index >= 15 is 0 Å². The summed E-state index contributed by atoms with van der Waals surface area (Å²) in [5.41, 5.74) is 5.29. The molecular formula is C19H17N3OS2. The molecule has 1 N–H and O–H groups in total. The first-order valence-electron chi connectivity index (χ1n) is 8.02. The van der Waals surface area contributed by atoms with Gasteiger partial charge in [0.2, 0.25) is 5.91 Å². The molecule has 1 amide bonds. The number of thiazole rings is 2. The highest BCUT2D eigenvalue weighted by atomic mass is 32.1. The third kappa shape index (κ3) is 3.15. The van der Waals surface area contributed by atoms with Gasteiger partial charge in [-0.2, -0.15) is 0 Å². The molecule has 0 aliphatic rings. The SMILES string of the molecule is Cc1ccc(CC(=O)Nc2nc3ccc4nc(C)sc4c3s2)c(C)c1. The zero-order chi connectivity index (χ0) is 17.6. The molecule has 0 fully saturated rings. The monoisotopic (exact) mass is 367 g/mol. The van der Waals surface area contributed by atoms with E-state index in [1.165, 1.54) is 16.9 Å². The second kappa shape index (κ2) is 6.20. The predicted molar refractivity (Wildman–Crippen MR) is 106 cm³/mol. The molecule has 4 rings (SSSR count). The molecule has 2 aromatic heterocycles. The van der Waals surface area contributed by atoms with Crippen LogP contribution in [0.3, 0.4) is 0 Å². The van der Waals surface area contributed by atoms with E-state index in [2.05, 4.69) is 28.3 Å². The molecule has 25 heavy (non-hydrogen) atoms. The number of hydrogen-bond donors (Lipinski definition) is 1. The molecular weight excluding hydrogens is 350 g/mol. The number of carbonyl (C=O) groups excluding carboxylic acids is 1. The first kappa shape index (κ1) is 16.2. The van der Waals surface area contributed by atoms with Gasteiger partial charge >= 0.3 is 0 Å². The second-order valence-corrected chi connectivity index (χ2v) is 8.37. The maximum atomic E-state index is 12.4. The Morgan fingerprint density at radius 1 is 1.00 bits per heavy atom. The van der Waals surface area contributed by atoms with Gasteiger partial charge < -0.3 is 5.32 Å². The molecule has 0 saturated carbocycles. The number of aromatic nitrogens is 2. The fourth-order valence-electron chi connectivity index (χ4n) is 2.92. The van der Waals surface area contributed by atoms with Crippen LogP contribution >= 0.6 is 22.7 Å². The van der Waals surface area contributed by atoms with Gasteiger partial charge in [-0.05, 0) is 44.0 Å². The van der Waals surface area contributed by atoms with Crippen molar-refractivity contribution in [2.24, 2.45) is 0 Å². The molecule has 0 radical (unpaired) electrons. The molecule has 0 aliphatic heterocycles. The molecule has 0 aliphatic carbocycles. The average molecular weight is 367 g/mol. The molecule has 0 saturated heterocycles. The number of anilines is 1. The largest absolute Gasteiger partial charge is 0.302 e. The number of hydrogen-bond acceptors (Lipinski definition) is 5. The van der Waals surface area contributed by atoms with Crippen molar-refractivity contribution in [1.29, 1.82) is 0 Å². The van der Waals surface area contributed by atoms with E-state index in [-0.39, 0.29) is 5.91 Å². The lowest BCUT2D eigenvalue weighted by atomic mass is 10.0. The van der Waals surface area contributed by atoms with Crippen LogP contribution in [0.2, 0.25) is 0 Å². The van der Waals surface area contributed by atoms with Crippen molar-refractivity contribution >= 4 is 54.1 Å². The summed E-state index contributed by atoms with van der Waals surface area (Å²) in [5, 5.41) is 4.63. The van der Waals surface area contributed by atoms with Crippen molar-refractivity contribution in [2.45, 2.75) is 27.2 Å². The summed E-state index contributed by atoms with van der Waals surface area (Å²) in [5.74, 6) is -0.0391. The predicted octanol–water partition coefficient (Wildman–Crippen LogP) is 5.01. The highest BCUT2D eigenvalue weighted by Gasteiger charge is 2.13. The van der Waals surface area contributed by atoms with Crippen LogP contribution in [0, 0.1) is 20.8 Å². The molecule has 6 heteroatoms. The van der Waals surface area contributed by atoms with Gasteiger partial charge in [-0.1, -0.05) is 35.1 Å². The summed E-state index contributed by atoms with van der Waals surface area (Å²) in [6.07, 6.45) is 0.358. The number of benzene rings is 2. The fraction of sp³-hybridized carbons (Fsp3) is 0.211. The zero-order valence-electron chi connectivity index (χ0n) is 14.2. The molecule has 126 valence electrons. The highest BCUT2D eigenvalue weighted by Crippen LogP contribution is 2.35. The number of nitrogens with one attached hydrogen (secondary N) is 1. The van der Waals surface area contributed by atoms with Crippen LogP contribution in [0.1, 0.15) is 21.7 Å². The van der Waals surface area contributed by atoms with Gasteiger partial charge in [0.25, 0.3) is 0 Å². The minimum absolute atomic E-state index is 0.0391. The Morgan fingerprint density at radius 2 is 1.72 bits per heavy atom. The molecule has 0 spiro atoms. The van der Waals surface area contributed by atoms with E-state index in [1.807, 2.05) is 38.1 Å². The minimum Gasteiger partial charge on any atom is -0.302 e. The molecule has 2 heterocycles. The molecule has 2 aromatic carbocycles. The van der Waals surface area contributed by atoms with Gasteiger partial charge in [-0.15, -0.1) is 11.3 Å². The lowest BCUT2D eigenvalue weighted by Gasteiger charge is -2.06. The van der Waals surface area contributed by atoms with Gasteiger partial charge in [-0.3, -0.25) is 4.79 Å². The molecule has 4 nitrogen and oxygen atoms in total. The van der Waals surface area contributed by atoms with E-state index in [0.29, 0.717) is 11.6 Å². The van der Waals surface area contributed by atoms with E-state index in [1.54, 1.807) is 11.3 Å². The number of rotatable bonds is 3. The van der Waals surface area contributed by atoms with E-state index < -0.39 is 0 Å². The Hall–Kier alpha value is -2.31. The maximum absolute atomic E-state index is 12.4. The Morgan fingerprint density at radius 3 is 2.48 bits per heavy atom. The standard InChI is InChI=1S/C19H17N3OS2/c1-10-4-5-13(11(2)8-10)9-16(23)22-19-21-15-7-6-14-17(18(15)25-19)24-12(3)20-14/h4-8H,9H2,1-3H3,(H,21,22,23). The number of nitrogens with zero attached hydrogens (tertiary/aromatic N) is 2. The lowest BCUT2D eigenvalue weighted by molar-refractivity contribution is -0.115. The van der Waals surface area contributed by atoms with Gasteiger partial charge in [0.05, 0.1) is 31.9 Å². The summed E-state index contributed by atoms with van der Waals surface area (Å²) in [6, 6.07) is 10.1. The number of carbonyl (C=O) groups is 1. The third-order valence-electron chi connectivity index (χ3n) is 4.11. The zero-order valence-corrected chi connectivity index (χ0v) is 15.8. The van der Waals surface area contributed by atoms with E-state index in [4.69, 9.17) is 0 Å². The van der Waals surface area contributed by atoms with Crippen LogP contribution in [0.25, 0.3) is 20.4 Å². The van der Waals surface area contributed by atoms with Crippen molar-refractivity contribution in [1.82, 2.24) is 9.97 Å². The quantitative estimate of drug-likeness (QED) is 0.553. The van der Waals surface area contributed by atoms with Crippen LogP contribution in [-0.4, -0.2) is 15.9 Å². The Bertz CT molecular complexity index is 1110. The van der Waals surface area contributed by atoms with Gasteiger partial charge in [0.15, 0.2) is 5.13 Å². The van der Waals surface area contributed by atoms with Gasteiger partial charge in [-0.25, -0.2) is 9.97 Å². The van der Waals surface area contributed by atoms with Gasteiger partial charge in [0, 0.05) is 0 Å². The van der Waals surface area contributed by atoms with Crippen molar-refractivity contribution in [2.75, 3.05) is 5.32 Å². The van der Waals surface area contributed by atoms with Crippen molar-refractivity contribution in [3.8, 4) is 0 Å². The summed E-state index contributed by atoms with van der Waals surface area (Å²) in [7, 11) is 0. The van der Waals surface area contributed by atoms with Crippen molar-refractivity contribution < 1.29 is 4.79 Å². The fourth-order valence-corrected chi connectivity index (χ4v) is 4.94. The summed E-state index contributed by atoms with van der Waals surface area (Å²) in [4.78, 5) is 21.5. The Balaban J connectivity index is 1.59. The van der Waals surface area contributed by atoms with Crippen LogP contribution in [0.15, 0.2) is 30.3 Å². The number of aryl methyl sites for hydroxylation is 3. The number of fused-ring (bicyclic) bond motifs is 3. The topological polar surface area (TPSA) is 54.9 Å². The summed E-state index contributed by atoms with van der Waals surface area (Å²) >= 11 is 3.18. The lowest BCUT2D eigenvalue weighted by Crippen LogP contribution is -2.14. The van der Waals surface area contributed by atoms with Gasteiger partial charge in [0.1, 0.15) is 0 Å². The number of amides is 1. The molecule has 0 unspecified atom stereocenters. The Kier molecular flexibility index (Phi) is 4.01. The highest BCUT2D eigenvalue weighted by molar-refractivity contribution is 7.28.